The van der Waals surface area contributed by atoms with Crippen LogP contribution in [-0.4, -0.2) is 21.6 Å². The van der Waals surface area contributed by atoms with Crippen molar-refractivity contribution in [2.45, 2.75) is 0 Å². The molecule has 0 unspecified atom stereocenters. The molecule has 0 N–H and O–H groups in total. The van der Waals surface area contributed by atoms with E-state index in [0.29, 0.717) is 0 Å². The van der Waals surface area contributed by atoms with E-state index in [1.165, 1.54) is 7.02 Å². The minimum atomic E-state index is -0.611. The molecule has 0 bridgehead atoms. The van der Waals surface area contributed by atoms with Gasteiger partial charge in [-0.05, 0) is 0 Å². The van der Waals surface area contributed by atoms with Crippen molar-refractivity contribution < 1.29 is 4.74 Å². The molecule has 0 spiro atoms. The molecule has 1 heterocycles. The van der Waals surface area contributed by atoms with Crippen LogP contribution in [0.5, 0.6) is 11.5 Å². The molecular formula is C12H9OSb. The molecule has 1 aliphatic heterocycles. The van der Waals surface area contributed by atoms with Crippen LogP contribution in [0.1, 0.15) is 0 Å². The molecule has 14 heavy (non-hydrogen) atoms. The van der Waals surface area contributed by atoms with Crippen molar-refractivity contribution in [3.8, 4) is 11.5 Å². The van der Waals surface area contributed by atoms with Gasteiger partial charge in [0.25, 0.3) is 0 Å². The number of ether oxygens (including phenoxy) is 1. The molecule has 2 aromatic rings. The molecule has 1 aliphatic rings. The Morgan fingerprint density at radius 1 is 0.714 bits per heavy atom. The Morgan fingerprint density at radius 3 is 1.79 bits per heavy atom. The van der Waals surface area contributed by atoms with E-state index < -0.39 is 21.6 Å². The molecule has 0 aromatic heterocycles. The molecule has 0 amide bonds. The summed E-state index contributed by atoms with van der Waals surface area (Å²) in [5.41, 5.74) is 0. The van der Waals surface area contributed by atoms with Crippen LogP contribution in [-0.2, 0) is 0 Å². The molecule has 2 aromatic carbocycles. The van der Waals surface area contributed by atoms with Crippen molar-refractivity contribution in [1.82, 2.24) is 0 Å². The number of hydrogen-bond donors (Lipinski definition) is 0. The second kappa shape index (κ2) is 3.33. The predicted molar refractivity (Wildman–Crippen MR) is 59.4 cm³/mol. The van der Waals surface area contributed by atoms with E-state index in [1.54, 1.807) is 0 Å². The van der Waals surface area contributed by atoms with Gasteiger partial charge < -0.3 is 0 Å². The molecule has 1 nitrogen and oxygen atoms in total. The van der Waals surface area contributed by atoms with Crippen molar-refractivity contribution >= 4 is 28.6 Å². The maximum absolute atomic E-state index is 5.82. The van der Waals surface area contributed by atoms with Gasteiger partial charge in [0.05, 0.1) is 0 Å². The molecule has 0 saturated heterocycles. The molecule has 2 heteroatoms. The van der Waals surface area contributed by atoms with Gasteiger partial charge in [0, 0.05) is 0 Å². The third-order valence-corrected chi connectivity index (χ3v) is 6.16. The van der Waals surface area contributed by atoms with Crippen LogP contribution < -0.4 is 11.8 Å². The minimum absolute atomic E-state index is 0.611. The van der Waals surface area contributed by atoms with Gasteiger partial charge in [-0.3, -0.25) is 0 Å². The fraction of sp³-hybridized carbons (Fsp3) is 0. The topological polar surface area (TPSA) is 9.23 Å². The molecule has 68 valence electrons. The summed E-state index contributed by atoms with van der Waals surface area (Å²) in [4.78, 5) is 0. The normalized spacial score (nSPS) is 12.6. The molecule has 0 fully saturated rings. The van der Waals surface area contributed by atoms with Gasteiger partial charge in [-0.1, -0.05) is 0 Å². The summed E-state index contributed by atoms with van der Waals surface area (Å²) in [6, 6.07) is 16.8. The zero-order chi connectivity index (χ0) is 9.38. The first-order valence-electron chi connectivity index (χ1n) is 4.56. The Balaban J connectivity index is 2.12. The molecule has 0 saturated carbocycles. The Kier molecular flexibility index (Phi) is 1.99. The third-order valence-electron chi connectivity index (χ3n) is 2.26. The summed E-state index contributed by atoms with van der Waals surface area (Å²) in [5, 5.41) is 0. The van der Waals surface area contributed by atoms with Crippen LogP contribution in [0.3, 0.4) is 0 Å². The molecule has 0 atom stereocenters. The van der Waals surface area contributed by atoms with Crippen molar-refractivity contribution in [3.63, 3.8) is 0 Å². The van der Waals surface area contributed by atoms with E-state index in [1.807, 2.05) is 12.1 Å². The van der Waals surface area contributed by atoms with Crippen molar-refractivity contribution in [1.29, 1.82) is 0 Å². The second-order valence-electron chi connectivity index (χ2n) is 3.22. The van der Waals surface area contributed by atoms with Crippen LogP contribution in [0, 0.1) is 0 Å². The summed E-state index contributed by atoms with van der Waals surface area (Å²) in [6.07, 6.45) is 0. The summed E-state index contributed by atoms with van der Waals surface area (Å²) < 4.78 is 8.70. The van der Waals surface area contributed by atoms with Crippen LogP contribution in [0.25, 0.3) is 0 Å². The SMILES string of the molecule is c1cc[c]2c(c1)Oc1cccc[c]1[SbH]2. The number of fused-ring (bicyclic) bond motifs is 2. The zero-order valence-corrected chi connectivity index (χ0v) is 10.4. The van der Waals surface area contributed by atoms with Gasteiger partial charge in [0.15, 0.2) is 0 Å². The van der Waals surface area contributed by atoms with Gasteiger partial charge in [-0.2, -0.15) is 0 Å². The molecule has 3 rings (SSSR count). The predicted octanol–water partition coefficient (Wildman–Crippen LogP) is 1.18. The van der Waals surface area contributed by atoms with Crippen LogP contribution in [0.4, 0.5) is 0 Å². The van der Waals surface area contributed by atoms with Crippen molar-refractivity contribution in [2.75, 3.05) is 0 Å². The fourth-order valence-electron chi connectivity index (χ4n) is 1.58. The molecule has 0 aliphatic carbocycles. The first-order valence-corrected chi connectivity index (χ1v) is 7.42. The van der Waals surface area contributed by atoms with E-state index in [9.17, 15) is 0 Å². The van der Waals surface area contributed by atoms with Gasteiger partial charge in [0.1, 0.15) is 0 Å². The Labute approximate surface area is 93.2 Å². The van der Waals surface area contributed by atoms with Gasteiger partial charge in [0.2, 0.25) is 0 Å². The zero-order valence-electron chi connectivity index (χ0n) is 7.53. The fourth-order valence-corrected chi connectivity index (χ4v) is 4.90. The van der Waals surface area contributed by atoms with E-state index in [2.05, 4.69) is 36.4 Å². The van der Waals surface area contributed by atoms with Gasteiger partial charge in [-0.25, -0.2) is 0 Å². The Hall–Kier alpha value is -0.942. The standard InChI is InChI=1S/C12H8O.Sb.H/c1-3-7-11(8-4-1)13-12-9-5-2-6-10-12;;/h1-7,9H;;. The van der Waals surface area contributed by atoms with Crippen LogP contribution >= 0.6 is 0 Å². The maximum atomic E-state index is 5.82. The summed E-state index contributed by atoms with van der Waals surface area (Å²) >= 11 is -0.611. The number of hydrogen-bond acceptors (Lipinski definition) is 1. The molecular weight excluding hydrogens is 282 g/mol. The van der Waals surface area contributed by atoms with Gasteiger partial charge >= 0.3 is 93.4 Å². The Morgan fingerprint density at radius 2 is 1.21 bits per heavy atom. The summed E-state index contributed by atoms with van der Waals surface area (Å²) in [5.74, 6) is 2.13. The first-order chi connectivity index (χ1) is 6.93. The van der Waals surface area contributed by atoms with E-state index in [-0.39, 0.29) is 0 Å². The van der Waals surface area contributed by atoms with Gasteiger partial charge in [-0.15, -0.1) is 0 Å². The van der Waals surface area contributed by atoms with Crippen LogP contribution in [0.2, 0.25) is 0 Å². The number of rotatable bonds is 0. The summed E-state index contributed by atoms with van der Waals surface area (Å²) in [7, 11) is 0. The Bertz CT molecular complexity index is 392. The van der Waals surface area contributed by atoms with Crippen molar-refractivity contribution in [3.05, 3.63) is 48.5 Å². The first kappa shape index (κ1) is 8.37. The van der Waals surface area contributed by atoms with E-state index in [0.717, 1.165) is 11.5 Å². The quantitative estimate of drug-likeness (QED) is 0.565. The number of benzene rings is 2. The van der Waals surface area contributed by atoms with Crippen molar-refractivity contribution in [2.24, 2.45) is 0 Å². The van der Waals surface area contributed by atoms with E-state index in [4.69, 9.17) is 4.74 Å². The monoisotopic (exact) mass is 290 g/mol. The van der Waals surface area contributed by atoms with Crippen LogP contribution in [0.15, 0.2) is 48.5 Å². The molecule has 0 radical (unpaired) electrons. The summed E-state index contributed by atoms with van der Waals surface area (Å²) in [6.45, 7) is 0. The third kappa shape index (κ3) is 1.32. The average molecular weight is 291 g/mol. The average Bonchev–Trinajstić information content (AvgIpc) is 2.26. The number of para-hydroxylation sites is 2. The second-order valence-corrected chi connectivity index (χ2v) is 7.01. The van der Waals surface area contributed by atoms with E-state index >= 15 is 0 Å².